The Morgan fingerprint density at radius 1 is 1.00 bits per heavy atom. The van der Waals surface area contributed by atoms with E-state index in [4.69, 9.17) is 14.6 Å². The number of amides is 1. The molecule has 0 aromatic heterocycles. The van der Waals surface area contributed by atoms with Crippen molar-refractivity contribution in [2.45, 2.75) is 30.7 Å². The van der Waals surface area contributed by atoms with Gasteiger partial charge in [-0.25, -0.2) is 0 Å². The zero-order valence-electron chi connectivity index (χ0n) is 16.3. The molecule has 1 saturated heterocycles. The molecule has 0 aliphatic carbocycles. The van der Waals surface area contributed by atoms with E-state index in [1.165, 1.54) is 6.07 Å². The third-order valence-electron chi connectivity index (χ3n) is 4.81. The van der Waals surface area contributed by atoms with Crippen LogP contribution in [-0.2, 0) is 9.53 Å². The maximum atomic E-state index is 12.2. The van der Waals surface area contributed by atoms with Gasteiger partial charge in [0.1, 0.15) is 36.7 Å². The van der Waals surface area contributed by atoms with Gasteiger partial charge in [0, 0.05) is 11.1 Å². The predicted octanol–water partition coefficient (Wildman–Crippen LogP) is -0.653. The Hall–Kier alpha value is -3.02. The number of nitrogens with one attached hydrogen (secondary N) is 1. The topological polar surface area (TPSA) is 166 Å². The molecular weight excluding hydrogens is 410 g/mol. The Morgan fingerprint density at radius 2 is 1.74 bits per heavy atom. The summed E-state index contributed by atoms with van der Waals surface area (Å²) in [5, 5.41) is 50.4. The normalized spacial score (nSPS) is 25.6. The summed E-state index contributed by atoms with van der Waals surface area (Å²) in [4.78, 5) is 22.8. The number of hydrogen-bond acceptors (Lipinski definition) is 8. The quantitative estimate of drug-likeness (QED) is 0.333. The molecule has 1 aliphatic heterocycles. The van der Waals surface area contributed by atoms with Gasteiger partial charge in [0.25, 0.3) is 5.91 Å². The Kier molecular flexibility index (Phi) is 7.21. The lowest BCUT2D eigenvalue weighted by atomic mass is 9.99. The molecule has 166 valence electrons. The maximum Gasteiger partial charge on any atom is 0.322 e. The molecule has 0 spiro atoms. The molecule has 2 aromatic rings. The highest BCUT2D eigenvalue weighted by Gasteiger charge is 2.44. The summed E-state index contributed by atoms with van der Waals surface area (Å²) in [6.07, 6.45) is -7.13. The molecular formula is C21H23NO9. The Balaban J connectivity index is 1.85. The second-order valence-corrected chi connectivity index (χ2v) is 6.97. The third-order valence-corrected chi connectivity index (χ3v) is 4.81. The van der Waals surface area contributed by atoms with E-state index in [-0.39, 0.29) is 11.3 Å². The van der Waals surface area contributed by atoms with E-state index in [9.17, 15) is 30.0 Å². The van der Waals surface area contributed by atoms with Gasteiger partial charge in [-0.1, -0.05) is 30.3 Å². The van der Waals surface area contributed by atoms with E-state index in [1.54, 1.807) is 42.5 Å². The SMILES string of the molecule is O=C(O)CNC(=O)c1cccc(-c2ccccc2O[C@H]2O[C@H](CO)[C@@H](O)[C@H](O)[C@@H]2O)c1. The molecule has 0 bridgehead atoms. The van der Waals surface area contributed by atoms with Gasteiger partial charge in [-0.15, -0.1) is 0 Å². The smallest absolute Gasteiger partial charge is 0.322 e. The van der Waals surface area contributed by atoms with Crippen LogP contribution in [0.25, 0.3) is 11.1 Å². The number of aliphatic hydroxyl groups is 4. The summed E-state index contributed by atoms with van der Waals surface area (Å²) in [5.41, 5.74) is 1.34. The van der Waals surface area contributed by atoms with Crippen LogP contribution in [0.2, 0.25) is 0 Å². The first-order valence-electron chi connectivity index (χ1n) is 9.48. The van der Waals surface area contributed by atoms with Crippen LogP contribution in [0.1, 0.15) is 10.4 Å². The Bertz CT molecular complexity index is 933. The molecule has 3 rings (SSSR count). The summed E-state index contributed by atoms with van der Waals surface area (Å²) in [6, 6.07) is 13.1. The highest BCUT2D eigenvalue weighted by atomic mass is 16.7. The minimum Gasteiger partial charge on any atom is -0.480 e. The zero-order valence-corrected chi connectivity index (χ0v) is 16.3. The summed E-state index contributed by atoms with van der Waals surface area (Å²) in [5.74, 6) is -1.46. The summed E-state index contributed by atoms with van der Waals surface area (Å²) in [6.45, 7) is -1.10. The molecule has 2 aromatic carbocycles. The third kappa shape index (κ3) is 5.19. The second-order valence-electron chi connectivity index (χ2n) is 6.97. The number of aliphatic carboxylic acids is 1. The van der Waals surface area contributed by atoms with E-state index >= 15 is 0 Å². The molecule has 0 radical (unpaired) electrons. The summed E-state index contributed by atoms with van der Waals surface area (Å²) >= 11 is 0. The average molecular weight is 433 g/mol. The molecule has 6 N–H and O–H groups in total. The number of carboxylic acids is 1. The lowest BCUT2D eigenvalue weighted by Crippen LogP contribution is -2.60. The number of aliphatic hydroxyl groups excluding tert-OH is 4. The Morgan fingerprint density at radius 3 is 2.45 bits per heavy atom. The number of hydrogen-bond donors (Lipinski definition) is 6. The molecule has 1 amide bonds. The molecule has 0 unspecified atom stereocenters. The molecule has 1 fully saturated rings. The van der Waals surface area contributed by atoms with Crippen LogP contribution < -0.4 is 10.1 Å². The molecule has 31 heavy (non-hydrogen) atoms. The minimum atomic E-state index is -1.58. The fraction of sp³-hybridized carbons (Fsp3) is 0.333. The van der Waals surface area contributed by atoms with Gasteiger partial charge < -0.3 is 40.3 Å². The average Bonchev–Trinajstić information content (AvgIpc) is 2.78. The fourth-order valence-corrected chi connectivity index (χ4v) is 3.18. The Labute approximate surface area is 177 Å². The van der Waals surface area contributed by atoms with Gasteiger partial charge in [0.05, 0.1) is 6.61 Å². The van der Waals surface area contributed by atoms with Crippen molar-refractivity contribution < 1.29 is 44.6 Å². The van der Waals surface area contributed by atoms with Gasteiger partial charge in [0.2, 0.25) is 6.29 Å². The van der Waals surface area contributed by atoms with E-state index in [2.05, 4.69) is 5.32 Å². The summed E-state index contributed by atoms with van der Waals surface area (Å²) < 4.78 is 11.1. The van der Waals surface area contributed by atoms with E-state index < -0.39 is 55.7 Å². The van der Waals surface area contributed by atoms with Crippen LogP contribution in [0.5, 0.6) is 5.75 Å². The van der Waals surface area contributed by atoms with Crippen LogP contribution in [0.3, 0.4) is 0 Å². The van der Waals surface area contributed by atoms with Crippen molar-refractivity contribution in [2.24, 2.45) is 0 Å². The number of carbonyl (C=O) groups is 2. The number of carboxylic acid groups (broad SMARTS) is 1. The van der Waals surface area contributed by atoms with Gasteiger partial charge in [-0.3, -0.25) is 9.59 Å². The highest BCUT2D eigenvalue weighted by molar-refractivity contribution is 5.97. The van der Waals surface area contributed by atoms with Crippen molar-refractivity contribution in [1.29, 1.82) is 0 Å². The van der Waals surface area contributed by atoms with Crippen molar-refractivity contribution in [3.05, 3.63) is 54.1 Å². The van der Waals surface area contributed by atoms with E-state index in [0.29, 0.717) is 11.1 Å². The predicted molar refractivity (Wildman–Crippen MR) is 106 cm³/mol. The lowest BCUT2D eigenvalue weighted by molar-refractivity contribution is -0.277. The van der Waals surface area contributed by atoms with Gasteiger partial charge in [0.15, 0.2) is 0 Å². The van der Waals surface area contributed by atoms with Crippen LogP contribution in [0.15, 0.2) is 48.5 Å². The first-order valence-corrected chi connectivity index (χ1v) is 9.48. The van der Waals surface area contributed by atoms with Gasteiger partial charge in [-0.05, 0) is 23.8 Å². The monoisotopic (exact) mass is 433 g/mol. The van der Waals surface area contributed by atoms with E-state index in [0.717, 1.165) is 0 Å². The van der Waals surface area contributed by atoms with Gasteiger partial charge in [-0.2, -0.15) is 0 Å². The molecule has 10 heteroatoms. The van der Waals surface area contributed by atoms with Crippen molar-refractivity contribution in [2.75, 3.05) is 13.2 Å². The van der Waals surface area contributed by atoms with Crippen LogP contribution >= 0.6 is 0 Å². The maximum absolute atomic E-state index is 12.2. The highest BCUT2D eigenvalue weighted by Crippen LogP contribution is 2.33. The molecule has 10 nitrogen and oxygen atoms in total. The van der Waals surface area contributed by atoms with Crippen LogP contribution in [-0.4, -0.2) is 81.3 Å². The largest absolute Gasteiger partial charge is 0.480 e. The van der Waals surface area contributed by atoms with Crippen LogP contribution in [0, 0.1) is 0 Å². The number of carbonyl (C=O) groups excluding carboxylic acids is 1. The number of rotatable bonds is 7. The number of para-hydroxylation sites is 1. The lowest BCUT2D eigenvalue weighted by Gasteiger charge is -2.39. The zero-order chi connectivity index (χ0) is 22.5. The number of ether oxygens (including phenoxy) is 2. The minimum absolute atomic E-state index is 0.237. The van der Waals surface area contributed by atoms with Crippen molar-refractivity contribution in [3.8, 4) is 16.9 Å². The first kappa shape index (κ1) is 22.7. The van der Waals surface area contributed by atoms with E-state index in [1.807, 2.05) is 0 Å². The van der Waals surface area contributed by atoms with Gasteiger partial charge >= 0.3 is 5.97 Å². The fourth-order valence-electron chi connectivity index (χ4n) is 3.18. The number of benzene rings is 2. The molecule has 1 heterocycles. The van der Waals surface area contributed by atoms with Crippen molar-refractivity contribution in [3.63, 3.8) is 0 Å². The molecule has 5 atom stereocenters. The molecule has 1 aliphatic rings. The summed E-state index contributed by atoms with van der Waals surface area (Å²) in [7, 11) is 0. The molecule has 0 saturated carbocycles. The second kappa shape index (κ2) is 9.86. The first-order chi connectivity index (χ1) is 14.8. The van der Waals surface area contributed by atoms with Crippen molar-refractivity contribution >= 4 is 11.9 Å². The van der Waals surface area contributed by atoms with Crippen molar-refractivity contribution in [1.82, 2.24) is 5.32 Å². The standard InChI is InChI=1S/C21H23NO9/c23-10-15-17(26)18(27)19(28)21(31-15)30-14-7-2-1-6-13(14)11-4-3-5-12(8-11)20(29)22-9-16(24)25/h1-8,15,17-19,21,23,26-28H,9-10H2,(H,22,29)(H,24,25)/t15-,17-,18+,19+,21+/m1/s1. The van der Waals surface area contributed by atoms with Crippen LogP contribution in [0.4, 0.5) is 0 Å².